The van der Waals surface area contributed by atoms with Crippen LogP contribution >= 0.6 is 0 Å². The second-order valence-electron chi connectivity index (χ2n) is 3.63. The highest BCUT2D eigenvalue weighted by molar-refractivity contribution is 5.36. The van der Waals surface area contributed by atoms with Crippen LogP contribution in [-0.2, 0) is 6.18 Å². The van der Waals surface area contributed by atoms with E-state index in [4.69, 9.17) is 10.5 Å². The van der Waals surface area contributed by atoms with E-state index in [1.165, 1.54) is 0 Å². The van der Waals surface area contributed by atoms with Crippen molar-refractivity contribution < 1.29 is 26.7 Å². The van der Waals surface area contributed by atoms with Crippen LogP contribution in [0.25, 0.3) is 0 Å². The lowest BCUT2D eigenvalue weighted by molar-refractivity contribution is -0.145. The van der Waals surface area contributed by atoms with Gasteiger partial charge in [-0.25, -0.2) is 13.8 Å². The summed E-state index contributed by atoms with van der Waals surface area (Å²) in [7, 11) is 0. The minimum absolute atomic E-state index is 0.227. The van der Waals surface area contributed by atoms with Gasteiger partial charge in [-0.2, -0.15) is 18.2 Å². The fraction of sp³-hybridized carbons (Fsp3) is 0.0909. The number of benzene rings is 1. The minimum atomic E-state index is -4.80. The Morgan fingerprint density at radius 1 is 1.00 bits per heavy atom. The summed E-state index contributed by atoms with van der Waals surface area (Å²) in [6.45, 7) is 0. The van der Waals surface area contributed by atoms with E-state index < -0.39 is 35.3 Å². The standard InChI is InChI=1S/C11H6F5N3O/c12-6-2-1-5(3-7(6)13)20-9-4-8(17)18-10(19-9)11(14,15)16/h1-4H,(H2,17,18,19). The summed E-state index contributed by atoms with van der Waals surface area (Å²) in [6, 6.07) is 3.39. The number of nitrogen functional groups attached to an aromatic ring is 1. The van der Waals surface area contributed by atoms with Crippen molar-refractivity contribution in [2.45, 2.75) is 6.18 Å². The van der Waals surface area contributed by atoms with E-state index in [1.54, 1.807) is 0 Å². The van der Waals surface area contributed by atoms with Gasteiger partial charge in [0.2, 0.25) is 11.7 Å². The monoisotopic (exact) mass is 291 g/mol. The second kappa shape index (κ2) is 4.91. The molecule has 1 aromatic carbocycles. The van der Waals surface area contributed by atoms with E-state index in [2.05, 4.69) is 9.97 Å². The molecule has 0 saturated heterocycles. The highest BCUT2D eigenvalue weighted by atomic mass is 19.4. The quantitative estimate of drug-likeness (QED) is 0.863. The second-order valence-corrected chi connectivity index (χ2v) is 3.63. The molecule has 0 unspecified atom stereocenters. The molecule has 2 aromatic rings. The molecular weight excluding hydrogens is 285 g/mol. The van der Waals surface area contributed by atoms with E-state index in [-0.39, 0.29) is 5.75 Å². The van der Waals surface area contributed by atoms with Crippen molar-refractivity contribution in [3.05, 3.63) is 41.7 Å². The van der Waals surface area contributed by atoms with Gasteiger partial charge in [0.25, 0.3) is 0 Å². The molecule has 0 fully saturated rings. The van der Waals surface area contributed by atoms with Crippen molar-refractivity contribution in [2.75, 3.05) is 5.73 Å². The first-order valence-electron chi connectivity index (χ1n) is 5.10. The number of aromatic nitrogens is 2. The van der Waals surface area contributed by atoms with Crippen LogP contribution in [0.1, 0.15) is 5.82 Å². The number of hydrogen-bond donors (Lipinski definition) is 1. The lowest BCUT2D eigenvalue weighted by atomic mass is 10.3. The lowest BCUT2D eigenvalue weighted by Gasteiger charge is -2.09. The van der Waals surface area contributed by atoms with Crippen LogP contribution < -0.4 is 10.5 Å². The van der Waals surface area contributed by atoms with Gasteiger partial charge in [0.15, 0.2) is 11.6 Å². The first-order valence-corrected chi connectivity index (χ1v) is 5.10. The zero-order valence-electron chi connectivity index (χ0n) is 9.58. The summed E-state index contributed by atoms with van der Waals surface area (Å²) >= 11 is 0. The van der Waals surface area contributed by atoms with E-state index in [0.29, 0.717) is 6.07 Å². The molecule has 1 heterocycles. The van der Waals surface area contributed by atoms with E-state index >= 15 is 0 Å². The molecule has 0 aliphatic rings. The Kier molecular flexibility index (Phi) is 3.43. The van der Waals surface area contributed by atoms with Gasteiger partial charge in [-0.05, 0) is 12.1 Å². The van der Waals surface area contributed by atoms with Gasteiger partial charge < -0.3 is 10.5 Å². The van der Waals surface area contributed by atoms with Crippen molar-refractivity contribution >= 4 is 5.82 Å². The molecule has 106 valence electrons. The summed E-state index contributed by atoms with van der Waals surface area (Å²) in [5.41, 5.74) is 5.20. The zero-order chi connectivity index (χ0) is 14.9. The number of nitrogens with two attached hydrogens (primary N) is 1. The van der Waals surface area contributed by atoms with Gasteiger partial charge in [-0.1, -0.05) is 0 Å². The predicted octanol–water partition coefficient (Wildman–Crippen LogP) is 3.15. The molecule has 0 aliphatic carbocycles. The largest absolute Gasteiger partial charge is 0.451 e. The molecular formula is C11H6F5N3O. The molecule has 1 aromatic heterocycles. The Balaban J connectivity index is 2.33. The smallest absolute Gasteiger partial charge is 0.439 e. The van der Waals surface area contributed by atoms with Gasteiger partial charge in [0.05, 0.1) is 0 Å². The Bertz CT molecular complexity index is 644. The van der Waals surface area contributed by atoms with E-state index in [1.807, 2.05) is 0 Å². The van der Waals surface area contributed by atoms with Crippen LogP contribution in [0.3, 0.4) is 0 Å². The zero-order valence-corrected chi connectivity index (χ0v) is 9.58. The number of rotatable bonds is 2. The fourth-order valence-electron chi connectivity index (χ4n) is 1.28. The minimum Gasteiger partial charge on any atom is -0.439 e. The Hall–Kier alpha value is -2.45. The molecule has 0 radical (unpaired) electrons. The van der Waals surface area contributed by atoms with Gasteiger partial charge in [0.1, 0.15) is 11.6 Å². The molecule has 2 rings (SSSR count). The summed E-state index contributed by atoms with van der Waals surface area (Å²) in [5, 5.41) is 0. The van der Waals surface area contributed by atoms with Crippen LogP contribution in [-0.4, -0.2) is 9.97 Å². The molecule has 0 saturated carbocycles. The topological polar surface area (TPSA) is 61.0 Å². The molecule has 0 spiro atoms. The number of ether oxygens (including phenoxy) is 1. The molecule has 0 amide bonds. The number of hydrogen-bond acceptors (Lipinski definition) is 4. The molecule has 4 nitrogen and oxygen atoms in total. The molecule has 2 N–H and O–H groups in total. The fourth-order valence-corrected chi connectivity index (χ4v) is 1.28. The van der Waals surface area contributed by atoms with Crippen molar-refractivity contribution in [2.24, 2.45) is 0 Å². The predicted molar refractivity (Wildman–Crippen MR) is 57.9 cm³/mol. The highest BCUT2D eigenvalue weighted by Gasteiger charge is 2.35. The summed E-state index contributed by atoms with van der Waals surface area (Å²) in [5.74, 6) is -5.04. The van der Waals surface area contributed by atoms with Gasteiger partial charge in [-0.3, -0.25) is 0 Å². The first-order chi connectivity index (χ1) is 9.25. The van der Waals surface area contributed by atoms with Gasteiger partial charge >= 0.3 is 6.18 Å². The summed E-state index contributed by atoms with van der Waals surface area (Å²) in [4.78, 5) is 6.10. The average molecular weight is 291 g/mol. The summed E-state index contributed by atoms with van der Waals surface area (Å²) < 4.78 is 67.9. The average Bonchev–Trinajstić information content (AvgIpc) is 2.32. The maximum absolute atomic E-state index is 12.9. The molecule has 0 aliphatic heterocycles. The van der Waals surface area contributed by atoms with Crippen molar-refractivity contribution in [1.29, 1.82) is 0 Å². The SMILES string of the molecule is Nc1cc(Oc2ccc(F)c(F)c2)nc(C(F)(F)F)n1. The number of alkyl halides is 3. The van der Waals surface area contributed by atoms with Crippen molar-refractivity contribution in [3.8, 4) is 11.6 Å². The molecule has 9 heteroatoms. The number of anilines is 1. The third kappa shape index (κ3) is 3.11. The van der Waals surface area contributed by atoms with Crippen LogP contribution in [0, 0.1) is 11.6 Å². The van der Waals surface area contributed by atoms with Crippen LogP contribution in [0.5, 0.6) is 11.6 Å². The van der Waals surface area contributed by atoms with E-state index in [9.17, 15) is 22.0 Å². The van der Waals surface area contributed by atoms with E-state index in [0.717, 1.165) is 18.2 Å². The maximum Gasteiger partial charge on any atom is 0.451 e. The third-order valence-corrected chi connectivity index (χ3v) is 2.09. The third-order valence-electron chi connectivity index (χ3n) is 2.09. The highest BCUT2D eigenvalue weighted by Crippen LogP contribution is 2.30. The van der Waals surface area contributed by atoms with Crippen molar-refractivity contribution in [3.63, 3.8) is 0 Å². The molecule has 0 bridgehead atoms. The first kappa shape index (κ1) is 14.0. The van der Waals surface area contributed by atoms with Gasteiger partial charge in [-0.15, -0.1) is 0 Å². The molecule has 0 atom stereocenters. The Morgan fingerprint density at radius 3 is 2.30 bits per heavy atom. The lowest BCUT2D eigenvalue weighted by Crippen LogP contribution is -2.12. The van der Waals surface area contributed by atoms with Crippen LogP contribution in [0.4, 0.5) is 27.8 Å². The number of nitrogens with zero attached hydrogens (tertiary/aromatic N) is 2. The van der Waals surface area contributed by atoms with Crippen molar-refractivity contribution in [1.82, 2.24) is 9.97 Å². The van der Waals surface area contributed by atoms with Crippen LogP contribution in [0.15, 0.2) is 24.3 Å². The maximum atomic E-state index is 12.9. The van der Waals surface area contributed by atoms with Gasteiger partial charge in [0, 0.05) is 12.1 Å². The summed E-state index contributed by atoms with van der Waals surface area (Å²) in [6.07, 6.45) is -4.80. The normalized spacial score (nSPS) is 11.4. The van der Waals surface area contributed by atoms with Crippen LogP contribution in [0.2, 0.25) is 0 Å². The Labute approximate surface area is 109 Å². The Morgan fingerprint density at radius 2 is 1.70 bits per heavy atom. The molecule has 20 heavy (non-hydrogen) atoms. The number of halogens is 5.